The highest BCUT2D eigenvalue weighted by atomic mass is 16.5. The van der Waals surface area contributed by atoms with E-state index in [-0.39, 0.29) is 18.3 Å². The second kappa shape index (κ2) is 6.73. The Hall–Kier alpha value is -2.50. The lowest BCUT2D eigenvalue weighted by Gasteiger charge is -2.15. The number of primary amides is 1. The molecule has 1 heterocycles. The second-order valence-corrected chi connectivity index (χ2v) is 5.64. The number of ether oxygens (including phenoxy) is 2. The first-order valence-corrected chi connectivity index (χ1v) is 7.39. The minimum Gasteiger partial charge on any atom is -0.504 e. The fourth-order valence-corrected chi connectivity index (χ4v) is 2.74. The number of nitrogens with two attached hydrogens (primary N) is 1. The van der Waals surface area contributed by atoms with Crippen molar-refractivity contribution in [3.8, 4) is 11.5 Å². The first-order chi connectivity index (χ1) is 10.9. The maximum absolute atomic E-state index is 11.9. The van der Waals surface area contributed by atoms with Gasteiger partial charge >= 0.3 is 5.97 Å². The van der Waals surface area contributed by atoms with Crippen LogP contribution in [-0.2, 0) is 22.6 Å². The number of phenolic OH excluding ortho intramolecular Hbond substituents is 1. The third kappa shape index (κ3) is 3.31. The molecule has 0 aliphatic carbocycles. The minimum atomic E-state index is -0.425. The Morgan fingerprint density at radius 1 is 1.43 bits per heavy atom. The normalized spacial score (nSPS) is 13.7. The molecule has 1 aliphatic heterocycles. The molecule has 6 nitrogen and oxygen atoms in total. The van der Waals surface area contributed by atoms with E-state index in [0.29, 0.717) is 36.1 Å². The number of cyclic esters (lactones) is 1. The molecule has 0 saturated carbocycles. The fourth-order valence-electron chi connectivity index (χ4n) is 2.74. The van der Waals surface area contributed by atoms with E-state index in [0.717, 1.165) is 16.7 Å². The molecule has 0 saturated heterocycles. The van der Waals surface area contributed by atoms with E-state index in [2.05, 4.69) is 0 Å². The maximum Gasteiger partial charge on any atom is 0.339 e. The molecule has 0 fully saturated rings. The van der Waals surface area contributed by atoms with Crippen molar-refractivity contribution in [1.29, 1.82) is 0 Å². The van der Waals surface area contributed by atoms with Crippen LogP contribution in [0.3, 0.4) is 0 Å². The molecule has 6 heteroatoms. The van der Waals surface area contributed by atoms with Crippen molar-refractivity contribution in [3.05, 3.63) is 33.9 Å². The van der Waals surface area contributed by atoms with Crippen molar-refractivity contribution in [2.24, 2.45) is 5.73 Å². The zero-order valence-corrected chi connectivity index (χ0v) is 13.6. The number of amides is 1. The number of hydrogen-bond acceptors (Lipinski definition) is 5. The number of methoxy groups -OCH3 is 1. The van der Waals surface area contributed by atoms with E-state index in [4.69, 9.17) is 15.2 Å². The number of carbonyl (C=O) groups is 2. The van der Waals surface area contributed by atoms with Gasteiger partial charge in [0.25, 0.3) is 0 Å². The number of esters is 1. The van der Waals surface area contributed by atoms with Gasteiger partial charge in [0.2, 0.25) is 5.91 Å². The molecule has 0 atom stereocenters. The average Bonchev–Trinajstić information content (AvgIpc) is 2.89. The Labute approximate surface area is 134 Å². The first kappa shape index (κ1) is 16.9. The van der Waals surface area contributed by atoms with Crippen molar-refractivity contribution in [3.63, 3.8) is 0 Å². The van der Waals surface area contributed by atoms with Crippen LogP contribution in [-0.4, -0.2) is 24.1 Å². The number of allylic oxidation sites excluding steroid dienone is 2. The lowest BCUT2D eigenvalue weighted by Crippen LogP contribution is -2.09. The third-order valence-corrected chi connectivity index (χ3v) is 4.08. The minimum absolute atomic E-state index is 0.0443. The average molecular weight is 319 g/mol. The highest BCUT2D eigenvalue weighted by Crippen LogP contribution is 2.42. The van der Waals surface area contributed by atoms with Gasteiger partial charge in [-0.3, -0.25) is 4.79 Å². The van der Waals surface area contributed by atoms with Gasteiger partial charge in [0.1, 0.15) is 6.61 Å². The summed E-state index contributed by atoms with van der Waals surface area (Å²) in [7, 11) is 1.48. The summed E-state index contributed by atoms with van der Waals surface area (Å²) in [4.78, 5) is 22.7. The summed E-state index contributed by atoms with van der Waals surface area (Å²) in [5.41, 5.74) is 8.53. The highest BCUT2D eigenvalue weighted by Gasteiger charge is 2.31. The number of rotatable bonds is 6. The van der Waals surface area contributed by atoms with Crippen molar-refractivity contribution < 1.29 is 24.2 Å². The van der Waals surface area contributed by atoms with Crippen LogP contribution in [0.1, 0.15) is 46.8 Å². The molecular formula is C17H21NO5. The smallest absolute Gasteiger partial charge is 0.339 e. The number of fused-ring (bicyclic) bond motifs is 1. The molecule has 1 aromatic rings. The Kier molecular flexibility index (Phi) is 4.93. The summed E-state index contributed by atoms with van der Waals surface area (Å²) in [5, 5.41) is 10.3. The van der Waals surface area contributed by atoms with E-state index in [1.165, 1.54) is 7.11 Å². The van der Waals surface area contributed by atoms with Gasteiger partial charge in [0, 0.05) is 17.5 Å². The largest absolute Gasteiger partial charge is 0.504 e. The first-order valence-electron chi connectivity index (χ1n) is 7.39. The zero-order chi connectivity index (χ0) is 17.1. The van der Waals surface area contributed by atoms with Crippen LogP contribution in [0.25, 0.3) is 0 Å². The van der Waals surface area contributed by atoms with Crippen molar-refractivity contribution >= 4 is 11.9 Å². The standard InChI is InChI=1S/C17H21NO5/c1-9(5-7-13(18)19)4-6-11-10(2)14-12(8-23-17(14)21)15(20)16(11)22-3/h4,20H,5-8H2,1-3H3,(H2,18,19)/b9-4+. The van der Waals surface area contributed by atoms with E-state index in [1.807, 2.05) is 19.9 Å². The molecule has 0 spiro atoms. The molecule has 23 heavy (non-hydrogen) atoms. The van der Waals surface area contributed by atoms with Crippen LogP contribution in [0.5, 0.6) is 11.5 Å². The molecule has 1 aliphatic rings. The van der Waals surface area contributed by atoms with Gasteiger partial charge in [-0.15, -0.1) is 0 Å². The van der Waals surface area contributed by atoms with Crippen LogP contribution in [0, 0.1) is 6.92 Å². The Morgan fingerprint density at radius 3 is 2.74 bits per heavy atom. The van der Waals surface area contributed by atoms with Crippen LogP contribution in [0.15, 0.2) is 11.6 Å². The number of hydrogen-bond donors (Lipinski definition) is 2. The molecule has 0 unspecified atom stereocenters. The predicted molar refractivity (Wildman–Crippen MR) is 84.4 cm³/mol. The molecule has 0 bridgehead atoms. The van der Waals surface area contributed by atoms with Crippen molar-refractivity contribution in [2.45, 2.75) is 39.7 Å². The van der Waals surface area contributed by atoms with Crippen molar-refractivity contribution in [1.82, 2.24) is 0 Å². The molecule has 0 aromatic heterocycles. The number of benzene rings is 1. The Balaban J connectivity index is 2.37. The van der Waals surface area contributed by atoms with Gasteiger partial charge in [-0.2, -0.15) is 0 Å². The molecule has 0 radical (unpaired) electrons. The van der Waals surface area contributed by atoms with Gasteiger partial charge in [0.15, 0.2) is 11.5 Å². The molecule has 1 aromatic carbocycles. The lowest BCUT2D eigenvalue weighted by atomic mass is 9.93. The van der Waals surface area contributed by atoms with Crippen LogP contribution in [0.2, 0.25) is 0 Å². The van der Waals surface area contributed by atoms with Crippen LogP contribution in [0.4, 0.5) is 0 Å². The Morgan fingerprint density at radius 2 is 2.13 bits per heavy atom. The summed E-state index contributed by atoms with van der Waals surface area (Å²) in [6, 6.07) is 0. The van der Waals surface area contributed by atoms with Gasteiger partial charge < -0.3 is 20.3 Å². The summed E-state index contributed by atoms with van der Waals surface area (Å²) < 4.78 is 10.3. The van der Waals surface area contributed by atoms with Crippen LogP contribution < -0.4 is 10.5 Å². The quantitative estimate of drug-likeness (QED) is 0.618. The second-order valence-electron chi connectivity index (χ2n) is 5.64. The molecular weight excluding hydrogens is 298 g/mol. The number of carbonyl (C=O) groups excluding carboxylic acids is 2. The predicted octanol–water partition coefficient (Wildman–Crippen LogP) is 2.13. The molecule has 3 N–H and O–H groups in total. The number of phenols is 1. The van der Waals surface area contributed by atoms with E-state index < -0.39 is 5.97 Å². The maximum atomic E-state index is 11.9. The fraction of sp³-hybridized carbons (Fsp3) is 0.412. The molecule has 124 valence electrons. The summed E-state index contributed by atoms with van der Waals surface area (Å²) in [6.45, 7) is 3.78. The monoisotopic (exact) mass is 319 g/mol. The highest BCUT2D eigenvalue weighted by molar-refractivity contribution is 5.97. The van der Waals surface area contributed by atoms with E-state index in [9.17, 15) is 14.7 Å². The van der Waals surface area contributed by atoms with E-state index in [1.54, 1.807) is 0 Å². The van der Waals surface area contributed by atoms with Gasteiger partial charge in [-0.05, 0) is 32.3 Å². The van der Waals surface area contributed by atoms with Crippen molar-refractivity contribution in [2.75, 3.05) is 7.11 Å². The van der Waals surface area contributed by atoms with Gasteiger partial charge in [-0.1, -0.05) is 11.6 Å². The summed E-state index contributed by atoms with van der Waals surface area (Å²) >= 11 is 0. The molecule has 2 rings (SSSR count). The number of aromatic hydroxyl groups is 1. The summed E-state index contributed by atoms with van der Waals surface area (Å²) in [5.74, 6) is -0.453. The summed E-state index contributed by atoms with van der Waals surface area (Å²) in [6.07, 6.45) is 3.30. The van der Waals surface area contributed by atoms with E-state index >= 15 is 0 Å². The third-order valence-electron chi connectivity index (χ3n) is 4.08. The molecule has 1 amide bonds. The zero-order valence-electron chi connectivity index (χ0n) is 13.6. The SMILES string of the molecule is COc1c(O)c2c(c(C)c1C/C=C(\C)CCC(N)=O)C(=O)OC2. The van der Waals surface area contributed by atoms with Gasteiger partial charge in [-0.25, -0.2) is 4.79 Å². The lowest BCUT2D eigenvalue weighted by molar-refractivity contribution is -0.117. The van der Waals surface area contributed by atoms with Gasteiger partial charge in [0.05, 0.1) is 12.7 Å². The van der Waals surface area contributed by atoms with Crippen LogP contribution >= 0.6 is 0 Å². The topological polar surface area (TPSA) is 98.9 Å². The Bertz CT molecular complexity index is 691.